The maximum atomic E-state index is 13.2. The molecule has 2 aliphatic heterocycles. The topological polar surface area (TPSA) is 125 Å². The van der Waals surface area contributed by atoms with Crippen LogP contribution in [-0.2, 0) is 19.1 Å². The number of imide groups is 1. The molecule has 0 radical (unpaired) electrons. The second-order valence-electron chi connectivity index (χ2n) is 7.32. The summed E-state index contributed by atoms with van der Waals surface area (Å²) in [6.45, 7) is 4.77. The first-order valence-electron chi connectivity index (χ1n) is 9.74. The summed E-state index contributed by atoms with van der Waals surface area (Å²) in [7, 11) is 0. The minimum atomic E-state index is -1.68. The number of anilines is 1. The lowest BCUT2D eigenvalue weighted by molar-refractivity contribution is -0.160. The molecule has 2 N–H and O–H groups in total. The number of carbonyl (C=O) groups is 5. The van der Waals surface area contributed by atoms with Gasteiger partial charge >= 0.3 is 12.0 Å². The van der Waals surface area contributed by atoms with Crippen LogP contribution in [-0.4, -0.2) is 59.5 Å². The largest absolute Gasteiger partial charge is 0.452 e. The molecule has 0 spiro atoms. The number of rotatable bonds is 5. The van der Waals surface area contributed by atoms with E-state index in [0.717, 1.165) is 0 Å². The maximum Gasteiger partial charge on any atom is 0.354 e. The summed E-state index contributed by atoms with van der Waals surface area (Å²) in [4.78, 5) is 65.3. The lowest BCUT2D eigenvalue weighted by Gasteiger charge is -2.50. The van der Waals surface area contributed by atoms with Gasteiger partial charge in [0.15, 0.2) is 6.61 Å². The summed E-state index contributed by atoms with van der Waals surface area (Å²) in [5, 5.41) is 4.43. The van der Waals surface area contributed by atoms with Gasteiger partial charge in [-0.1, -0.05) is 12.1 Å². The Hall–Kier alpha value is -3.43. The van der Waals surface area contributed by atoms with Crippen LogP contribution in [0.15, 0.2) is 24.3 Å². The summed E-state index contributed by atoms with van der Waals surface area (Å²) in [6.07, 6.45) is 0.0892. The summed E-state index contributed by atoms with van der Waals surface area (Å²) >= 11 is 0. The molecule has 2 aliphatic rings. The minimum absolute atomic E-state index is 0.0425. The van der Waals surface area contributed by atoms with Crippen molar-refractivity contribution in [3.05, 3.63) is 29.8 Å². The van der Waals surface area contributed by atoms with E-state index in [1.54, 1.807) is 45.0 Å². The Kier molecular flexibility index (Phi) is 5.77. The van der Waals surface area contributed by atoms with Gasteiger partial charge in [-0.05, 0) is 32.9 Å². The van der Waals surface area contributed by atoms with Crippen molar-refractivity contribution in [3.63, 3.8) is 0 Å². The van der Waals surface area contributed by atoms with E-state index in [2.05, 4.69) is 5.32 Å². The molecular formula is C20H24N4O6. The van der Waals surface area contributed by atoms with Crippen LogP contribution in [0.5, 0.6) is 0 Å². The predicted octanol–water partition coefficient (Wildman–Crippen LogP) is 0.763. The smallest absolute Gasteiger partial charge is 0.354 e. The molecule has 0 saturated carbocycles. The van der Waals surface area contributed by atoms with Gasteiger partial charge in [-0.2, -0.15) is 0 Å². The van der Waals surface area contributed by atoms with E-state index in [9.17, 15) is 24.0 Å². The summed E-state index contributed by atoms with van der Waals surface area (Å²) in [5.74, 6) is -2.42. The highest BCUT2D eigenvalue weighted by molar-refractivity contribution is 6.15. The fourth-order valence-electron chi connectivity index (χ4n) is 3.99. The molecule has 160 valence electrons. The number of amides is 5. The molecule has 2 heterocycles. The minimum Gasteiger partial charge on any atom is -0.452 e. The van der Waals surface area contributed by atoms with Crippen molar-refractivity contribution in [3.8, 4) is 0 Å². The highest BCUT2D eigenvalue weighted by atomic mass is 16.5. The van der Waals surface area contributed by atoms with E-state index in [1.165, 1.54) is 9.80 Å². The van der Waals surface area contributed by atoms with E-state index in [0.29, 0.717) is 17.8 Å². The van der Waals surface area contributed by atoms with Crippen LogP contribution in [0.1, 0.15) is 44.0 Å². The average Bonchev–Trinajstić information content (AvgIpc) is 3.04. The standard InChI is InChI=1S/C20H24N4O6/c1-4-21-19(29)22-15(25)11-30-18(28)20-10-9-16(26)24(20)14-8-6-5-7-13(14)17(27)23(20)12(2)3/h5-8,12H,4,9-11H2,1-3H3,(H2,21,22,25,29)/t20-/m0/s1. The maximum absolute atomic E-state index is 13.2. The predicted molar refractivity (Wildman–Crippen MR) is 105 cm³/mol. The number of esters is 1. The lowest BCUT2D eigenvalue weighted by Crippen LogP contribution is -2.70. The third kappa shape index (κ3) is 3.38. The zero-order chi connectivity index (χ0) is 22.1. The van der Waals surface area contributed by atoms with Gasteiger partial charge in [0.1, 0.15) is 0 Å². The summed E-state index contributed by atoms with van der Waals surface area (Å²) in [5.41, 5.74) is -1.02. The SMILES string of the molecule is CCNC(=O)NC(=O)COC(=O)[C@]12CCC(=O)N1c1ccccc1C(=O)N2C(C)C. The number of hydrogen-bond acceptors (Lipinski definition) is 6. The first kappa shape index (κ1) is 21.3. The Morgan fingerprint density at radius 1 is 1.20 bits per heavy atom. The van der Waals surface area contributed by atoms with Crippen molar-refractivity contribution >= 4 is 35.4 Å². The van der Waals surface area contributed by atoms with Gasteiger partial charge < -0.3 is 15.0 Å². The van der Waals surface area contributed by atoms with Crippen molar-refractivity contribution in [2.45, 2.75) is 45.3 Å². The first-order chi connectivity index (χ1) is 14.2. The molecular weight excluding hydrogens is 392 g/mol. The van der Waals surface area contributed by atoms with Crippen LogP contribution >= 0.6 is 0 Å². The number of urea groups is 1. The molecule has 3 rings (SSSR count). The third-order valence-corrected chi connectivity index (χ3v) is 5.07. The van der Waals surface area contributed by atoms with Gasteiger partial charge in [-0.15, -0.1) is 0 Å². The molecule has 1 aromatic carbocycles. The molecule has 1 fully saturated rings. The van der Waals surface area contributed by atoms with Crippen molar-refractivity contribution in [1.82, 2.24) is 15.5 Å². The highest BCUT2D eigenvalue weighted by Crippen LogP contribution is 2.45. The van der Waals surface area contributed by atoms with Crippen LogP contribution in [0.25, 0.3) is 0 Å². The van der Waals surface area contributed by atoms with Gasteiger partial charge in [0, 0.05) is 25.4 Å². The summed E-state index contributed by atoms with van der Waals surface area (Å²) in [6, 6.07) is 5.45. The Balaban J connectivity index is 1.93. The van der Waals surface area contributed by atoms with Crippen molar-refractivity contribution < 1.29 is 28.7 Å². The molecule has 10 nitrogen and oxygen atoms in total. The normalized spacial score (nSPS) is 20.0. The van der Waals surface area contributed by atoms with Gasteiger partial charge in [0.05, 0.1) is 11.3 Å². The molecule has 0 unspecified atom stereocenters. The monoisotopic (exact) mass is 416 g/mol. The molecule has 1 saturated heterocycles. The van der Waals surface area contributed by atoms with Crippen molar-refractivity contribution in [2.75, 3.05) is 18.1 Å². The first-order valence-corrected chi connectivity index (χ1v) is 9.74. The number of fused-ring (bicyclic) bond motifs is 3. The molecule has 1 atom stereocenters. The zero-order valence-corrected chi connectivity index (χ0v) is 17.1. The van der Waals surface area contributed by atoms with Crippen LogP contribution in [0, 0.1) is 0 Å². The van der Waals surface area contributed by atoms with Gasteiger partial charge in [-0.3, -0.25) is 24.6 Å². The van der Waals surface area contributed by atoms with E-state index in [-0.39, 0.29) is 18.7 Å². The fourth-order valence-corrected chi connectivity index (χ4v) is 3.99. The second kappa shape index (κ2) is 8.13. The number of benzene rings is 1. The fraction of sp³-hybridized carbons (Fsp3) is 0.450. The van der Waals surface area contributed by atoms with Crippen LogP contribution in [0.4, 0.5) is 10.5 Å². The van der Waals surface area contributed by atoms with Gasteiger partial charge in [-0.25, -0.2) is 9.59 Å². The van der Waals surface area contributed by atoms with Crippen LogP contribution < -0.4 is 15.5 Å². The van der Waals surface area contributed by atoms with Crippen molar-refractivity contribution in [1.29, 1.82) is 0 Å². The van der Waals surface area contributed by atoms with E-state index in [1.807, 2.05) is 5.32 Å². The van der Waals surface area contributed by atoms with Crippen LogP contribution in [0.2, 0.25) is 0 Å². The quantitative estimate of drug-likeness (QED) is 0.683. The Labute approximate surface area is 173 Å². The van der Waals surface area contributed by atoms with E-state index in [4.69, 9.17) is 4.74 Å². The number of nitrogens with one attached hydrogen (secondary N) is 2. The molecule has 1 aromatic rings. The third-order valence-electron chi connectivity index (χ3n) is 5.07. The number of nitrogens with zero attached hydrogens (tertiary/aromatic N) is 2. The molecule has 0 aliphatic carbocycles. The lowest BCUT2D eigenvalue weighted by atomic mass is 9.95. The number of carbonyl (C=O) groups excluding carboxylic acids is 5. The highest BCUT2D eigenvalue weighted by Gasteiger charge is 2.62. The number of para-hydroxylation sites is 1. The molecule has 0 aromatic heterocycles. The number of ether oxygens (including phenoxy) is 1. The van der Waals surface area contributed by atoms with Crippen molar-refractivity contribution in [2.24, 2.45) is 0 Å². The Bertz CT molecular complexity index is 914. The van der Waals surface area contributed by atoms with E-state index < -0.39 is 42.1 Å². The molecule has 5 amide bonds. The zero-order valence-electron chi connectivity index (χ0n) is 17.1. The van der Waals surface area contributed by atoms with E-state index >= 15 is 0 Å². The summed E-state index contributed by atoms with van der Waals surface area (Å²) < 4.78 is 5.20. The average molecular weight is 416 g/mol. The molecule has 0 bridgehead atoms. The Morgan fingerprint density at radius 3 is 2.57 bits per heavy atom. The van der Waals surface area contributed by atoms with Gasteiger partial charge in [0.2, 0.25) is 11.6 Å². The van der Waals surface area contributed by atoms with Crippen LogP contribution in [0.3, 0.4) is 0 Å². The Morgan fingerprint density at radius 2 is 1.90 bits per heavy atom. The number of hydrogen-bond donors (Lipinski definition) is 2. The molecule has 30 heavy (non-hydrogen) atoms. The molecule has 10 heteroatoms. The van der Waals surface area contributed by atoms with Gasteiger partial charge in [0.25, 0.3) is 11.8 Å². The second-order valence-corrected chi connectivity index (χ2v) is 7.32.